The molecule has 0 saturated carbocycles. The molecule has 0 fully saturated rings. The van der Waals surface area contributed by atoms with Gasteiger partial charge >= 0.3 is 0 Å². The van der Waals surface area contributed by atoms with Crippen molar-refractivity contribution >= 4 is 96.7 Å². The molecule has 0 spiro atoms. The maximum absolute atomic E-state index is 5.44. The van der Waals surface area contributed by atoms with Gasteiger partial charge in [-0.25, -0.2) is 4.98 Å². The van der Waals surface area contributed by atoms with Crippen molar-refractivity contribution in [1.29, 1.82) is 0 Å². The summed E-state index contributed by atoms with van der Waals surface area (Å²) in [7, 11) is 0. The Morgan fingerprint density at radius 3 is 1.63 bits per heavy atom. The number of nitrogens with zero attached hydrogens (tertiary/aromatic N) is 5. The Labute approximate surface area is 341 Å². The van der Waals surface area contributed by atoms with Crippen molar-refractivity contribution < 1.29 is 0 Å². The molecule has 0 aliphatic heterocycles. The highest BCUT2D eigenvalue weighted by atomic mass is 32.1. The molecular formula is C53H31N5S. The number of hydrogen-bond donors (Lipinski definition) is 0. The standard InChI is InChI=1S/C53H31N5S/c1-2-16-34-31-47-42(30-33(34)15-1)38-21-7-9-24-43(38)57(47)46-29-28-41(50-49(46)40-22-8-12-27-48(40)59-50)52-54-51(39-23-13-17-32-14-3-4-18-35(32)39)55-53(56-52)58-44-25-10-5-19-36(44)37-20-6-11-26-45(37)58/h1-31H. The molecule has 0 radical (unpaired) electrons. The largest absolute Gasteiger partial charge is 0.309 e. The van der Waals surface area contributed by atoms with Crippen LogP contribution in [0, 0.1) is 0 Å². The summed E-state index contributed by atoms with van der Waals surface area (Å²) < 4.78 is 7.01. The van der Waals surface area contributed by atoms with Crippen molar-refractivity contribution in [3.05, 3.63) is 188 Å². The van der Waals surface area contributed by atoms with Crippen molar-refractivity contribution in [2.75, 3.05) is 0 Å². The number of para-hydroxylation sites is 3. The molecular weight excluding hydrogens is 739 g/mol. The van der Waals surface area contributed by atoms with Gasteiger partial charge in [-0.1, -0.05) is 140 Å². The lowest BCUT2D eigenvalue weighted by atomic mass is 10.0. The highest BCUT2D eigenvalue weighted by Crippen LogP contribution is 2.45. The first-order valence-corrected chi connectivity index (χ1v) is 20.7. The molecule has 13 aromatic rings. The number of hydrogen-bond acceptors (Lipinski definition) is 4. The van der Waals surface area contributed by atoms with Crippen LogP contribution in [0.3, 0.4) is 0 Å². The predicted octanol–water partition coefficient (Wildman–Crippen LogP) is 14.1. The average molecular weight is 770 g/mol. The first-order chi connectivity index (χ1) is 29.3. The minimum absolute atomic E-state index is 0.586. The van der Waals surface area contributed by atoms with Gasteiger partial charge in [0.1, 0.15) is 0 Å². The van der Waals surface area contributed by atoms with Crippen LogP contribution in [-0.2, 0) is 0 Å². The van der Waals surface area contributed by atoms with Crippen LogP contribution in [-0.4, -0.2) is 24.1 Å². The van der Waals surface area contributed by atoms with Crippen LogP contribution in [0.2, 0.25) is 0 Å². The third-order valence-corrected chi connectivity index (χ3v) is 13.2. The Morgan fingerprint density at radius 1 is 0.356 bits per heavy atom. The fourth-order valence-electron chi connectivity index (χ4n) is 9.35. The monoisotopic (exact) mass is 769 g/mol. The fourth-order valence-corrected chi connectivity index (χ4v) is 10.6. The molecule has 13 rings (SSSR count). The van der Waals surface area contributed by atoms with E-state index in [4.69, 9.17) is 15.0 Å². The molecule has 4 heterocycles. The van der Waals surface area contributed by atoms with Gasteiger partial charge in [-0.05, 0) is 70.1 Å². The zero-order valence-electron chi connectivity index (χ0n) is 31.5. The molecule has 0 aliphatic carbocycles. The summed E-state index contributed by atoms with van der Waals surface area (Å²) in [5.74, 6) is 1.86. The Hall–Kier alpha value is -7.67. The van der Waals surface area contributed by atoms with Gasteiger partial charge in [-0.15, -0.1) is 11.3 Å². The smallest absolute Gasteiger partial charge is 0.238 e. The quantitative estimate of drug-likeness (QED) is 0.179. The maximum atomic E-state index is 5.44. The SMILES string of the molecule is c1ccc2cc3c(cc2c1)c1ccccc1n3-c1ccc(-c2nc(-c3cccc4ccccc34)nc(-n3c4ccccc4c4ccccc43)n2)c2sc3ccccc3c12. The Morgan fingerprint density at radius 2 is 0.898 bits per heavy atom. The van der Waals surface area contributed by atoms with Gasteiger partial charge in [-0.3, -0.25) is 4.57 Å². The van der Waals surface area contributed by atoms with Crippen molar-refractivity contribution in [3.63, 3.8) is 0 Å². The van der Waals surface area contributed by atoms with E-state index in [0.29, 0.717) is 17.6 Å². The maximum Gasteiger partial charge on any atom is 0.238 e. The van der Waals surface area contributed by atoms with Crippen LogP contribution in [0.5, 0.6) is 0 Å². The van der Waals surface area contributed by atoms with Crippen LogP contribution < -0.4 is 0 Å². The number of aromatic nitrogens is 5. The van der Waals surface area contributed by atoms with Crippen LogP contribution in [0.15, 0.2) is 188 Å². The lowest BCUT2D eigenvalue weighted by Gasteiger charge is -2.14. The second kappa shape index (κ2) is 12.4. The van der Waals surface area contributed by atoms with E-state index in [0.717, 1.165) is 54.1 Å². The van der Waals surface area contributed by atoms with E-state index in [9.17, 15) is 0 Å². The molecule has 0 amide bonds. The number of rotatable bonds is 4. The zero-order chi connectivity index (χ0) is 38.6. The Kier molecular flexibility index (Phi) is 6.82. The number of benzene rings is 9. The van der Waals surface area contributed by atoms with Gasteiger partial charge in [0.05, 0.1) is 27.8 Å². The van der Waals surface area contributed by atoms with Crippen molar-refractivity contribution in [2.24, 2.45) is 0 Å². The normalized spacial score (nSPS) is 12.1. The molecule has 59 heavy (non-hydrogen) atoms. The topological polar surface area (TPSA) is 48.5 Å². The van der Waals surface area contributed by atoms with Crippen LogP contribution >= 0.6 is 11.3 Å². The molecule has 0 saturated heterocycles. The fraction of sp³-hybridized carbons (Fsp3) is 0. The first-order valence-electron chi connectivity index (χ1n) is 19.9. The minimum Gasteiger partial charge on any atom is -0.309 e. The van der Waals surface area contributed by atoms with E-state index in [1.54, 1.807) is 11.3 Å². The van der Waals surface area contributed by atoms with Gasteiger partial charge in [0, 0.05) is 52.8 Å². The third kappa shape index (κ3) is 4.75. The molecule has 0 aliphatic rings. The molecule has 6 heteroatoms. The van der Waals surface area contributed by atoms with Crippen molar-refractivity contribution in [1.82, 2.24) is 24.1 Å². The molecule has 0 bridgehead atoms. The predicted molar refractivity (Wildman–Crippen MR) is 247 cm³/mol. The second-order valence-corrected chi connectivity index (χ2v) is 16.2. The second-order valence-electron chi connectivity index (χ2n) is 15.2. The van der Waals surface area contributed by atoms with Crippen molar-refractivity contribution in [2.45, 2.75) is 0 Å². The minimum atomic E-state index is 0.586. The van der Waals surface area contributed by atoms with Gasteiger partial charge in [0.2, 0.25) is 5.95 Å². The van der Waals surface area contributed by atoms with Crippen LogP contribution in [0.1, 0.15) is 0 Å². The molecule has 4 aromatic heterocycles. The highest BCUT2D eigenvalue weighted by Gasteiger charge is 2.23. The number of fused-ring (bicyclic) bond motifs is 11. The highest BCUT2D eigenvalue weighted by molar-refractivity contribution is 7.26. The van der Waals surface area contributed by atoms with E-state index in [1.165, 1.54) is 48.1 Å². The third-order valence-electron chi connectivity index (χ3n) is 12.0. The molecule has 0 unspecified atom stereocenters. The van der Waals surface area contributed by atoms with E-state index < -0.39 is 0 Å². The molecule has 274 valence electrons. The van der Waals surface area contributed by atoms with Crippen LogP contribution in [0.25, 0.3) is 120 Å². The van der Waals surface area contributed by atoms with Crippen LogP contribution in [0.4, 0.5) is 0 Å². The van der Waals surface area contributed by atoms with E-state index in [-0.39, 0.29) is 0 Å². The summed E-state index contributed by atoms with van der Waals surface area (Å²) in [5, 5.41) is 11.9. The summed E-state index contributed by atoms with van der Waals surface area (Å²) >= 11 is 1.80. The number of thiophene rings is 1. The summed E-state index contributed by atoms with van der Waals surface area (Å²) in [5.41, 5.74) is 7.54. The van der Waals surface area contributed by atoms with E-state index in [1.807, 2.05) is 0 Å². The zero-order valence-corrected chi connectivity index (χ0v) is 32.4. The lowest BCUT2D eigenvalue weighted by Crippen LogP contribution is -2.07. The van der Waals surface area contributed by atoms with Crippen molar-refractivity contribution in [3.8, 4) is 34.4 Å². The first kappa shape index (κ1) is 32.4. The van der Waals surface area contributed by atoms with E-state index >= 15 is 0 Å². The average Bonchev–Trinajstić information content (AvgIpc) is 3.96. The van der Waals surface area contributed by atoms with E-state index in [2.05, 4.69) is 197 Å². The van der Waals surface area contributed by atoms with Gasteiger partial charge in [-0.2, -0.15) is 9.97 Å². The molecule has 5 nitrogen and oxygen atoms in total. The van der Waals surface area contributed by atoms with Gasteiger partial charge in [0.25, 0.3) is 0 Å². The van der Waals surface area contributed by atoms with Gasteiger partial charge < -0.3 is 4.57 Å². The summed E-state index contributed by atoms with van der Waals surface area (Å²) in [6.45, 7) is 0. The Balaban J connectivity index is 1.14. The summed E-state index contributed by atoms with van der Waals surface area (Å²) in [6.07, 6.45) is 0. The summed E-state index contributed by atoms with van der Waals surface area (Å²) in [6, 6.07) is 67.2. The molecule has 0 N–H and O–H groups in total. The van der Waals surface area contributed by atoms with Gasteiger partial charge in [0.15, 0.2) is 11.6 Å². The summed E-state index contributed by atoms with van der Waals surface area (Å²) in [4.78, 5) is 16.2. The molecule has 0 atom stereocenters. The lowest BCUT2D eigenvalue weighted by molar-refractivity contribution is 0.955. The Bertz CT molecular complexity index is 3810. The molecule has 9 aromatic carbocycles.